The summed E-state index contributed by atoms with van der Waals surface area (Å²) in [4.78, 5) is 22.9. The number of unbranched alkanes of at least 4 members (excludes halogenated alkanes) is 18. The van der Waals surface area contributed by atoms with Gasteiger partial charge in [-0.3, -0.25) is 13.8 Å². The summed E-state index contributed by atoms with van der Waals surface area (Å²) in [5.41, 5.74) is 0. The first-order valence-electron chi connectivity index (χ1n) is 23.0. The second-order valence-corrected chi connectivity index (χ2v) is 17.9. The molecule has 0 aliphatic rings. The van der Waals surface area contributed by atoms with E-state index < -0.39 is 13.9 Å². The molecule has 57 heavy (non-hydrogen) atoms. The number of esters is 1. The predicted octanol–water partition coefficient (Wildman–Crippen LogP) is 13.7. The normalized spacial score (nSPS) is 14.3. The number of carbonyl (C=O) groups excluding carboxylic acids is 1. The number of phosphoric acid groups is 1. The lowest BCUT2D eigenvalue weighted by Crippen LogP contribution is -2.37. The van der Waals surface area contributed by atoms with E-state index in [0.717, 1.165) is 70.6 Å². The molecule has 0 bridgehead atoms. The van der Waals surface area contributed by atoms with E-state index >= 15 is 0 Å². The summed E-state index contributed by atoms with van der Waals surface area (Å²) >= 11 is 0. The zero-order chi connectivity index (χ0) is 42.0. The van der Waals surface area contributed by atoms with Gasteiger partial charge in [0.1, 0.15) is 19.3 Å². The van der Waals surface area contributed by atoms with Crippen molar-refractivity contribution in [3.63, 3.8) is 0 Å². The van der Waals surface area contributed by atoms with Crippen LogP contribution in [0.4, 0.5) is 0 Å². The molecule has 8 nitrogen and oxygen atoms in total. The molecule has 0 spiro atoms. The Kier molecular flexibility index (Phi) is 39.7. The van der Waals surface area contributed by atoms with Crippen molar-refractivity contribution < 1.29 is 37.3 Å². The van der Waals surface area contributed by atoms with Gasteiger partial charge in [0, 0.05) is 13.0 Å². The van der Waals surface area contributed by atoms with Gasteiger partial charge in [0.25, 0.3) is 0 Å². The van der Waals surface area contributed by atoms with Gasteiger partial charge in [0.15, 0.2) is 0 Å². The molecule has 1 N–H and O–H groups in total. The van der Waals surface area contributed by atoms with Crippen LogP contribution in [0, 0.1) is 0 Å². The number of phosphoric ester groups is 1. The van der Waals surface area contributed by atoms with E-state index in [1.54, 1.807) is 0 Å². The molecule has 0 saturated heterocycles. The minimum absolute atomic E-state index is 0.0805. The molecule has 0 rings (SSSR count). The van der Waals surface area contributed by atoms with Crippen molar-refractivity contribution in [1.82, 2.24) is 0 Å². The zero-order valence-electron chi connectivity index (χ0n) is 37.6. The van der Waals surface area contributed by atoms with Crippen molar-refractivity contribution in [2.45, 2.75) is 187 Å². The number of allylic oxidation sites excluding steroid dienone is 10. The van der Waals surface area contributed by atoms with Gasteiger partial charge in [-0.15, -0.1) is 0 Å². The number of likely N-dealkylation sites (N-methyl/N-ethyl adjacent to an activating group) is 1. The maximum Gasteiger partial charge on any atom is 0.472 e. The van der Waals surface area contributed by atoms with E-state index in [1.165, 1.54) is 89.9 Å². The Morgan fingerprint density at radius 1 is 0.561 bits per heavy atom. The molecule has 0 aromatic heterocycles. The average Bonchev–Trinajstić information content (AvgIpc) is 3.16. The maximum absolute atomic E-state index is 12.7. The lowest BCUT2D eigenvalue weighted by Gasteiger charge is -2.24. The van der Waals surface area contributed by atoms with Crippen molar-refractivity contribution in [2.24, 2.45) is 0 Å². The molecule has 0 fully saturated rings. The van der Waals surface area contributed by atoms with E-state index in [2.05, 4.69) is 74.6 Å². The highest BCUT2D eigenvalue weighted by atomic mass is 31.2. The molecule has 0 aromatic carbocycles. The van der Waals surface area contributed by atoms with Crippen LogP contribution in [0.25, 0.3) is 0 Å². The van der Waals surface area contributed by atoms with Crippen LogP contribution in [0.5, 0.6) is 0 Å². The van der Waals surface area contributed by atoms with Crippen molar-refractivity contribution in [1.29, 1.82) is 0 Å². The van der Waals surface area contributed by atoms with E-state index in [0.29, 0.717) is 17.6 Å². The van der Waals surface area contributed by atoms with Gasteiger partial charge in [-0.2, -0.15) is 0 Å². The SMILES string of the molecule is CC/C=C\C/C=C\C/C=C\C/C=C\C/C=C\CCCCCC(=O)OC(COCCCCCCCCCCCCCCCCCC)COP(=O)(O)OCC[N+](C)(C)C. The van der Waals surface area contributed by atoms with Gasteiger partial charge >= 0.3 is 13.8 Å². The molecule has 0 aliphatic heterocycles. The summed E-state index contributed by atoms with van der Waals surface area (Å²) in [6.07, 6.45) is 51.1. The summed E-state index contributed by atoms with van der Waals surface area (Å²) in [7, 11) is 1.64. The summed E-state index contributed by atoms with van der Waals surface area (Å²) < 4.78 is 35.0. The fraction of sp³-hybridized carbons (Fsp3) is 0.771. The van der Waals surface area contributed by atoms with Crippen LogP contribution in [-0.4, -0.2) is 75.6 Å². The highest BCUT2D eigenvalue weighted by molar-refractivity contribution is 7.47. The van der Waals surface area contributed by atoms with Gasteiger partial charge < -0.3 is 18.9 Å². The predicted molar refractivity (Wildman–Crippen MR) is 242 cm³/mol. The largest absolute Gasteiger partial charge is 0.472 e. The highest BCUT2D eigenvalue weighted by Crippen LogP contribution is 2.43. The number of quaternary nitrogens is 1. The fourth-order valence-electron chi connectivity index (χ4n) is 6.05. The third-order valence-electron chi connectivity index (χ3n) is 9.59. The first kappa shape index (κ1) is 55.2. The molecule has 0 aromatic rings. The number of rotatable bonds is 42. The van der Waals surface area contributed by atoms with E-state index in [4.69, 9.17) is 18.5 Å². The highest BCUT2D eigenvalue weighted by Gasteiger charge is 2.26. The molecule has 0 aliphatic carbocycles. The summed E-state index contributed by atoms with van der Waals surface area (Å²) in [6.45, 7) is 5.47. The average molecular weight is 823 g/mol. The number of ether oxygens (including phenoxy) is 2. The minimum Gasteiger partial charge on any atom is -0.457 e. The Labute approximate surface area is 351 Å². The van der Waals surface area contributed by atoms with Crippen LogP contribution in [0.15, 0.2) is 60.8 Å². The van der Waals surface area contributed by atoms with E-state index in [1.807, 2.05) is 21.1 Å². The van der Waals surface area contributed by atoms with Crippen LogP contribution < -0.4 is 0 Å². The standard InChI is InChI=1S/C48H88NO7P/c1-6-8-10-12-14-16-18-20-22-24-25-26-27-29-31-33-35-37-39-41-48(50)56-47(46-55-57(51,52)54-44-42-49(3,4)5)45-53-43-40-38-36-34-32-30-28-23-21-19-17-15-13-11-9-7-2/h8,10,14,16,20,22,25-26,29,31,47H,6-7,9,11-13,15,17-19,21,23-24,27-28,30,32-46H2,1-5H3/p+1/b10-8-,16-14-,22-20-,26-25-,31-29-. The first-order chi connectivity index (χ1) is 27.6. The Morgan fingerprint density at radius 2 is 1.02 bits per heavy atom. The van der Waals surface area contributed by atoms with Gasteiger partial charge in [0.05, 0.1) is 34.4 Å². The van der Waals surface area contributed by atoms with Crippen molar-refractivity contribution in [3.05, 3.63) is 60.8 Å². The van der Waals surface area contributed by atoms with Gasteiger partial charge in [-0.25, -0.2) is 4.57 Å². The first-order valence-corrected chi connectivity index (χ1v) is 24.5. The number of hydrogen-bond acceptors (Lipinski definition) is 6. The van der Waals surface area contributed by atoms with Crippen molar-refractivity contribution >= 4 is 13.8 Å². The van der Waals surface area contributed by atoms with Crippen LogP contribution in [0.1, 0.15) is 181 Å². The van der Waals surface area contributed by atoms with E-state index in [-0.39, 0.29) is 32.2 Å². The van der Waals surface area contributed by atoms with E-state index in [9.17, 15) is 14.3 Å². The molecule has 0 heterocycles. The summed E-state index contributed by atoms with van der Waals surface area (Å²) in [5, 5.41) is 0. The summed E-state index contributed by atoms with van der Waals surface area (Å²) in [6, 6.07) is 0. The van der Waals surface area contributed by atoms with Gasteiger partial charge in [0.2, 0.25) is 0 Å². The van der Waals surface area contributed by atoms with Crippen LogP contribution >= 0.6 is 7.82 Å². The lowest BCUT2D eigenvalue weighted by atomic mass is 10.0. The number of carbonyl (C=O) groups is 1. The van der Waals surface area contributed by atoms with Crippen molar-refractivity contribution in [3.8, 4) is 0 Å². The molecule has 2 atom stereocenters. The quantitative estimate of drug-likeness (QED) is 0.0215. The molecule has 0 radical (unpaired) electrons. The monoisotopic (exact) mass is 823 g/mol. The minimum atomic E-state index is -4.29. The molecule has 2 unspecified atom stereocenters. The molecule has 332 valence electrons. The number of nitrogens with zero attached hydrogens (tertiary/aromatic N) is 1. The smallest absolute Gasteiger partial charge is 0.457 e. The summed E-state index contributed by atoms with van der Waals surface area (Å²) in [5.74, 6) is -0.344. The Balaban J connectivity index is 4.28. The Morgan fingerprint density at radius 3 is 1.51 bits per heavy atom. The molecule has 0 saturated carbocycles. The van der Waals surface area contributed by atoms with Gasteiger partial charge in [-0.05, 0) is 57.8 Å². The molecule has 0 amide bonds. The maximum atomic E-state index is 12.7. The van der Waals surface area contributed by atoms with Crippen LogP contribution in [-0.2, 0) is 27.9 Å². The van der Waals surface area contributed by atoms with Crippen LogP contribution in [0.3, 0.4) is 0 Å². The lowest BCUT2D eigenvalue weighted by molar-refractivity contribution is -0.870. The topological polar surface area (TPSA) is 91.3 Å². The molecular formula is C48H89NO7P+. The van der Waals surface area contributed by atoms with Crippen LogP contribution in [0.2, 0.25) is 0 Å². The van der Waals surface area contributed by atoms with Gasteiger partial charge in [-0.1, -0.05) is 177 Å². The third-order valence-corrected chi connectivity index (χ3v) is 10.6. The molecule has 9 heteroatoms. The second-order valence-electron chi connectivity index (χ2n) is 16.4. The second kappa shape index (κ2) is 41.0. The van der Waals surface area contributed by atoms with Crippen molar-refractivity contribution in [2.75, 3.05) is 54.1 Å². The fourth-order valence-corrected chi connectivity index (χ4v) is 6.79. The third kappa shape index (κ3) is 45.1. The number of hydrogen-bond donors (Lipinski definition) is 1. The zero-order valence-corrected chi connectivity index (χ0v) is 38.5. The Hall–Kier alpha value is -1.80. The Bertz CT molecular complexity index is 1090. The molecular weight excluding hydrogens is 734 g/mol.